The van der Waals surface area contributed by atoms with Crippen molar-refractivity contribution in [1.29, 1.82) is 0 Å². The second-order valence-electron chi connectivity index (χ2n) is 4.34. The number of hydrogen-bond donors (Lipinski definition) is 3. The summed E-state index contributed by atoms with van der Waals surface area (Å²) >= 11 is 0. The third-order valence-corrected chi connectivity index (χ3v) is 3.29. The van der Waals surface area contributed by atoms with Crippen LogP contribution in [0.1, 0.15) is 12.0 Å². The third-order valence-electron chi connectivity index (χ3n) is 2.68. The van der Waals surface area contributed by atoms with E-state index < -0.39 is 16.0 Å². The number of rotatable bonds is 5. The maximum Gasteiger partial charge on any atom is 0.303 e. The molecule has 3 N–H and O–H groups in total. The lowest BCUT2D eigenvalue weighted by Gasteiger charge is -2.04. The summed E-state index contributed by atoms with van der Waals surface area (Å²) in [4.78, 5) is 13.6. The Kier molecular flexibility index (Phi) is 3.48. The average Bonchev–Trinajstić information content (AvgIpc) is 2.66. The van der Waals surface area contributed by atoms with Gasteiger partial charge in [0.05, 0.1) is 6.26 Å². The van der Waals surface area contributed by atoms with Gasteiger partial charge in [-0.15, -0.1) is 0 Å². The van der Waals surface area contributed by atoms with Crippen LogP contribution in [0.15, 0.2) is 24.4 Å². The SMILES string of the molecule is CS(=O)(=O)Nc1ccc2[nH]cc(CCC(=O)O)c2c1. The van der Waals surface area contributed by atoms with Crippen molar-refractivity contribution in [2.24, 2.45) is 0 Å². The number of aliphatic carboxylic acids is 1. The topological polar surface area (TPSA) is 99.3 Å². The highest BCUT2D eigenvalue weighted by Crippen LogP contribution is 2.23. The van der Waals surface area contributed by atoms with Gasteiger partial charge < -0.3 is 10.1 Å². The lowest BCUT2D eigenvalue weighted by molar-refractivity contribution is -0.136. The first-order valence-corrected chi connectivity index (χ1v) is 7.54. The summed E-state index contributed by atoms with van der Waals surface area (Å²) < 4.78 is 24.8. The van der Waals surface area contributed by atoms with Crippen LogP contribution in [0.2, 0.25) is 0 Å². The minimum absolute atomic E-state index is 0.0384. The molecule has 7 heteroatoms. The van der Waals surface area contributed by atoms with Gasteiger partial charge in [0.1, 0.15) is 0 Å². The summed E-state index contributed by atoms with van der Waals surface area (Å²) in [6, 6.07) is 5.11. The number of benzene rings is 1. The van der Waals surface area contributed by atoms with Crippen LogP contribution < -0.4 is 4.72 Å². The summed E-state index contributed by atoms with van der Waals surface area (Å²) in [5.41, 5.74) is 2.17. The molecule has 0 saturated carbocycles. The molecular formula is C12H14N2O4S. The van der Waals surface area contributed by atoms with Gasteiger partial charge >= 0.3 is 5.97 Å². The van der Waals surface area contributed by atoms with Crippen LogP contribution in [0.5, 0.6) is 0 Å². The number of nitrogens with one attached hydrogen (secondary N) is 2. The van der Waals surface area contributed by atoms with Crippen molar-refractivity contribution in [3.63, 3.8) is 0 Å². The zero-order chi connectivity index (χ0) is 14.0. The van der Waals surface area contributed by atoms with Crippen molar-refractivity contribution < 1.29 is 18.3 Å². The molecular weight excluding hydrogens is 268 g/mol. The fourth-order valence-corrected chi connectivity index (χ4v) is 2.46. The maximum atomic E-state index is 11.2. The van der Waals surface area contributed by atoms with Crippen LogP contribution in [-0.2, 0) is 21.2 Å². The Hall–Kier alpha value is -2.02. The van der Waals surface area contributed by atoms with E-state index in [1.165, 1.54) is 0 Å². The number of sulfonamides is 1. The van der Waals surface area contributed by atoms with Crippen molar-refractivity contribution in [3.05, 3.63) is 30.0 Å². The van der Waals surface area contributed by atoms with Crippen LogP contribution >= 0.6 is 0 Å². The van der Waals surface area contributed by atoms with Crippen molar-refractivity contribution in [1.82, 2.24) is 4.98 Å². The number of anilines is 1. The number of carboxylic acid groups (broad SMARTS) is 1. The second-order valence-corrected chi connectivity index (χ2v) is 6.09. The summed E-state index contributed by atoms with van der Waals surface area (Å²) in [6.45, 7) is 0. The zero-order valence-corrected chi connectivity index (χ0v) is 11.1. The molecule has 0 fully saturated rings. The van der Waals surface area contributed by atoms with Gasteiger partial charge in [-0.3, -0.25) is 9.52 Å². The van der Waals surface area contributed by atoms with Crippen molar-refractivity contribution in [2.45, 2.75) is 12.8 Å². The van der Waals surface area contributed by atoms with Gasteiger partial charge in [0.2, 0.25) is 10.0 Å². The molecule has 0 unspecified atom stereocenters. The van der Waals surface area contributed by atoms with E-state index in [0.29, 0.717) is 12.1 Å². The number of aryl methyl sites for hydroxylation is 1. The van der Waals surface area contributed by atoms with Crippen molar-refractivity contribution in [2.75, 3.05) is 11.0 Å². The van der Waals surface area contributed by atoms with Crippen LogP contribution in [0.3, 0.4) is 0 Å². The average molecular weight is 282 g/mol. The van der Waals surface area contributed by atoms with Crippen LogP contribution in [0.25, 0.3) is 10.9 Å². The predicted molar refractivity (Wildman–Crippen MR) is 72.7 cm³/mol. The molecule has 2 rings (SSSR count). The molecule has 1 aromatic carbocycles. The van der Waals surface area contributed by atoms with E-state index in [9.17, 15) is 13.2 Å². The first kappa shape index (κ1) is 13.4. The molecule has 0 atom stereocenters. The monoisotopic (exact) mass is 282 g/mol. The largest absolute Gasteiger partial charge is 0.481 e. The number of aromatic amines is 1. The maximum absolute atomic E-state index is 11.2. The number of hydrogen-bond acceptors (Lipinski definition) is 3. The van der Waals surface area contributed by atoms with Crippen molar-refractivity contribution >= 4 is 32.6 Å². The highest BCUT2D eigenvalue weighted by molar-refractivity contribution is 7.92. The lowest BCUT2D eigenvalue weighted by Crippen LogP contribution is -2.09. The van der Waals surface area contributed by atoms with Gasteiger partial charge in [-0.25, -0.2) is 8.42 Å². The highest BCUT2D eigenvalue weighted by atomic mass is 32.2. The second kappa shape index (κ2) is 4.93. The lowest BCUT2D eigenvalue weighted by atomic mass is 10.1. The molecule has 1 heterocycles. The Morgan fingerprint density at radius 3 is 2.79 bits per heavy atom. The molecule has 6 nitrogen and oxygen atoms in total. The minimum atomic E-state index is -3.32. The van der Waals surface area contributed by atoms with Gasteiger partial charge in [0, 0.05) is 29.2 Å². The van der Waals surface area contributed by atoms with Crippen LogP contribution in [-0.4, -0.2) is 30.7 Å². The van der Waals surface area contributed by atoms with Crippen LogP contribution in [0.4, 0.5) is 5.69 Å². The molecule has 0 spiro atoms. The molecule has 102 valence electrons. The van der Waals surface area contributed by atoms with Gasteiger partial charge in [-0.2, -0.15) is 0 Å². The molecule has 0 saturated heterocycles. The van der Waals surface area contributed by atoms with Gasteiger partial charge in [0.15, 0.2) is 0 Å². The first-order valence-electron chi connectivity index (χ1n) is 5.65. The van der Waals surface area contributed by atoms with E-state index in [0.717, 1.165) is 22.7 Å². The summed E-state index contributed by atoms with van der Waals surface area (Å²) in [5.74, 6) is -0.861. The number of H-pyrrole nitrogens is 1. The minimum Gasteiger partial charge on any atom is -0.481 e. The first-order chi connectivity index (χ1) is 8.85. The quantitative estimate of drug-likeness (QED) is 0.774. The molecule has 0 aliphatic heterocycles. The standard InChI is InChI=1S/C12H14N2O4S/c1-19(17,18)14-9-3-4-11-10(6-9)8(7-13-11)2-5-12(15)16/h3-4,6-7,13-14H,2,5H2,1H3,(H,15,16). The Bertz CT molecular complexity index is 718. The van der Waals surface area contributed by atoms with E-state index in [4.69, 9.17) is 5.11 Å². The van der Waals surface area contributed by atoms with E-state index in [1.54, 1.807) is 24.4 Å². The Morgan fingerprint density at radius 1 is 1.42 bits per heavy atom. The third kappa shape index (κ3) is 3.47. The van der Waals surface area contributed by atoms with E-state index in [2.05, 4.69) is 9.71 Å². The molecule has 0 amide bonds. The number of aromatic nitrogens is 1. The van der Waals surface area contributed by atoms with Gasteiger partial charge in [0.25, 0.3) is 0 Å². The Labute approximate surface area is 110 Å². The van der Waals surface area contributed by atoms with E-state index >= 15 is 0 Å². The molecule has 0 aliphatic rings. The van der Waals surface area contributed by atoms with Gasteiger partial charge in [-0.05, 0) is 30.2 Å². The Morgan fingerprint density at radius 2 is 2.16 bits per heavy atom. The van der Waals surface area contributed by atoms with E-state index in [1.807, 2.05) is 0 Å². The number of fused-ring (bicyclic) bond motifs is 1. The molecule has 2 aromatic rings. The van der Waals surface area contributed by atoms with Crippen LogP contribution in [0, 0.1) is 0 Å². The Balaban J connectivity index is 2.34. The molecule has 0 bridgehead atoms. The van der Waals surface area contributed by atoms with E-state index in [-0.39, 0.29) is 6.42 Å². The molecule has 0 aliphatic carbocycles. The predicted octanol–water partition coefficient (Wildman–Crippen LogP) is 1.56. The highest BCUT2D eigenvalue weighted by Gasteiger charge is 2.08. The fourth-order valence-electron chi connectivity index (χ4n) is 1.90. The smallest absolute Gasteiger partial charge is 0.303 e. The molecule has 0 radical (unpaired) electrons. The van der Waals surface area contributed by atoms with Crippen molar-refractivity contribution in [3.8, 4) is 0 Å². The summed E-state index contributed by atoms with van der Waals surface area (Å²) in [7, 11) is -3.32. The fraction of sp³-hybridized carbons (Fsp3) is 0.250. The normalized spacial score (nSPS) is 11.6. The number of carboxylic acids is 1. The molecule has 1 aromatic heterocycles. The number of carbonyl (C=O) groups is 1. The zero-order valence-electron chi connectivity index (χ0n) is 10.3. The summed E-state index contributed by atoms with van der Waals surface area (Å²) in [6.07, 6.45) is 3.27. The molecule has 19 heavy (non-hydrogen) atoms. The summed E-state index contributed by atoms with van der Waals surface area (Å²) in [5, 5.41) is 9.52. The van der Waals surface area contributed by atoms with Gasteiger partial charge in [-0.1, -0.05) is 0 Å².